The van der Waals surface area contributed by atoms with Crippen LogP contribution < -0.4 is 0 Å². The Morgan fingerprint density at radius 2 is 1.12 bits per heavy atom. The molecule has 0 aromatic carbocycles. The average Bonchev–Trinajstić information content (AvgIpc) is 1.36. The van der Waals surface area contributed by atoms with Gasteiger partial charge in [-0.25, -0.2) is 9.59 Å². The fourth-order valence-corrected chi connectivity index (χ4v) is 0. The smallest absolute Gasteiger partial charge is 0.414 e. The summed E-state index contributed by atoms with van der Waals surface area (Å²) < 4.78 is 0. The molecule has 0 aliphatic rings. The van der Waals surface area contributed by atoms with Crippen molar-refractivity contribution in [2.75, 3.05) is 0 Å². The summed E-state index contributed by atoms with van der Waals surface area (Å²) in [7, 11) is 0. The van der Waals surface area contributed by atoms with Crippen LogP contribution in [0, 0.1) is 0 Å². The molecule has 0 bridgehead atoms. The zero-order valence-electron chi connectivity index (χ0n) is 3.79. The monoisotopic (exact) mass is 191 g/mol. The van der Waals surface area contributed by atoms with E-state index < -0.39 is 11.9 Å². The third-order valence-corrected chi connectivity index (χ3v) is 0.183. The minimum absolute atomic E-state index is 0. The second-order valence-corrected chi connectivity index (χ2v) is 0.610. The van der Waals surface area contributed by atoms with Crippen LogP contribution in [0.2, 0.25) is 0 Å². The Morgan fingerprint density at radius 3 is 1.12 bits per heavy atom. The van der Waals surface area contributed by atoms with E-state index in [2.05, 4.69) is 0 Å². The fraction of sp³-hybridized carbons (Fsp3) is 0. The maximum absolute atomic E-state index is 9.10. The predicted molar refractivity (Wildman–Crippen MR) is 21.0 cm³/mol. The van der Waals surface area contributed by atoms with E-state index in [0.29, 0.717) is 0 Å². The third-order valence-electron chi connectivity index (χ3n) is 0.183. The van der Waals surface area contributed by atoms with Crippen LogP contribution in [0.15, 0.2) is 0 Å². The summed E-state index contributed by atoms with van der Waals surface area (Å²) in [5.74, 6) is -3.65. The molecule has 0 aliphatic heterocycles. The summed E-state index contributed by atoms with van der Waals surface area (Å²) >= 11 is 0. The molecule has 0 aromatic rings. The van der Waals surface area contributed by atoms with Crippen molar-refractivity contribution in [2.45, 2.75) is 0 Å². The van der Waals surface area contributed by atoms with E-state index in [0.717, 1.165) is 0 Å². The number of carboxylic acid groups (broad SMARTS) is 2. The van der Waals surface area contributed by atoms with Gasteiger partial charge in [-0.3, -0.25) is 0 Å². The van der Waals surface area contributed by atoms with E-state index in [1.807, 2.05) is 0 Å². The number of aliphatic carboxylic acids is 2. The van der Waals surface area contributed by atoms with Crippen LogP contribution >= 0.6 is 0 Å². The van der Waals surface area contributed by atoms with Crippen LogP contribution in [0.3, 0.4) is 0 Å². The summed E-state index contributed by atoms with van der Waals surface area (Å²) in [6.07, 6.45) is 0. The molecule has 8 heavy (non-hydrogen) atoms. The Bertz CT molecular complexity index is 80.0. The molecule has 3 radical (unpaired) electrons. The van der Waals surface area contributed by atoms with Crippen molar-refractivity contribution in [1.29, 1.82) is 0 Å². The number of rotatable bonds is 0. The van der Waals surface area contributed by atoms with Crippen molar-refractivity contribution >= 4 is 20.4 Å². The fourth-order valence-electron chi connectivity index (χ4n) is 0. The Balaban J connectivity index is -0.000000125. The second-order valence-electron chi connectivity index (χ2n) is 0.610. The molecule has 4 nitrogen and oxygen atoms in total. The number of carbonyl (C=O) groups is 2. The Kier molecular flexibility index (Phi) is 13.5. The van der Waals surface area contributed by atoms with Crippen molar-refractivity contribution < 1.29 is 46.0 Å². The van der Waals surface area contributed by atoms with E-state index in [-0.39, 0.29) is 34.6 Å². The van der Waals surface area contributed by atoms with Crippen LogP contribution in [0.1, 0.15) is 0 Å². The second kappa shape index (κ2) is 6.89. The summed E-state index contributed by atoms with van der Waals surface area (Å²) in [6, 6.07) is 0. The summed E-state index contributed by atoms with van der Waals surface area (Å²) in [4.78, 5) is 18.2. The largest absolute Gasteiger partial charge is 0.473 e. The number of carboxylic acids is 2. The Labute approximate surface area is 66.6 Å². The normalized spacial score (nSPS) is 5.50. The Morgan fingerprint density at radius 1 is 1.00 bits per heavy atom. The zero-order chi connectivity index (χ0) is 5.15. The van der Waals surface area contributed by atoms with Gasteiger partial charge < -0.3 is 10.2 Å². The van der Waals surface area contributed by atoms with E-state index in [1.165, 1.54) is 0 Å². The molecule has 0 saturated carbocycles. The SMILES string of the molecule is O=C(O)C(=O)O.[B].[Zr]. The molecule has 2 N–H and O–H groups in total. The van der Waals surface area contributed by atoms with Crippen molar-refractivity contribution in [3.05, 3.63) is 0 Å². The number of hydrogen-bond donors (Lipinski definition) is 2. The van der Waals surface area contributed by atoms with Crippen molar-refractivity contribution in [2.24, 2.45) is 0 Å². The maximum atomic E-state index is 9.10. The van der Waals surface area contributed by atoms with Crippen LogP contribution in [0.25, 0.3) is 0 Å². The zero-order valence-corrected chi connectivity index (χ0v) is 6.25. The first-order chi connectivity index (χ1) is 2.64. The molecule has 0 aliphatic carbocycles. The summed E-state index contributed by atoms with van der Waals surface area (Å²) in [5.41, 5.74) is 0. The standard InChI is InChI=1S/C2H2O4.B.Zr/c3-1(4)2(5)6;;/h(H,3,4)(H,5,6);;. The topological polar surface area (TPSA) is 74.6 Å². The van der Waals surface area contributed by atoms with Crippen LogP contribution in [0.5, 0.6) is 0 Å². The Hall–Kier alpha value is -0.112. The van der Waals surface area contributed by atoms with Gasteiger partial charge in [0.05, 0.1) is 0 Å². The molecule has 0 rings (SSSR count). The van der Waals surface area contributed by atoms with E-state index in [9.17, 15) is 0 Å². The first-order valence-corrected chi connectivity index (χ1v) is 1.11. The van der Waals surface area contributed by atoms with Gasteiger partial charge in [0.2, 0.25) is 0 Å². The molecular weight excluding hydrogens is 190 g/mol. The molecule has 0 unspecified atom stereocenters. The average molecular weight is 192 g/mol. The summed E-state index contributed by atoms with van der Waals surface area (Å²) in [6.45, 7) is 0. The minimum atomic E-state index is -1.82. The van der Waals surface area contributed by atoms with Gasteiger partial charge in [0.1, 0.15) is 0 Å². The van der Waals surface area contributed by atoms with Gasteiger partial charge in [-0.2, -0.15) is 0 Å². The van der Waals surface area contributed by atoms with Crippen molar-refractivity contribution in [3.8, 4) is 0 Å². The van der Waals surface area contributed by atoms with E-state index >= 15 is 0 Å². The van der Waals surface area contributed by atoms with Gasteiger partial charge >= 0.3 is 11.9 Å². The molecule has 0 heterocycles. The predicted octanol–water partition coefficient (Wildman–Crippen LogP) is -1.23. The minimum Gasteiger partial charge on any atom is -0.473 e. The van der Waals surface area contributed by atoms with Crippen molar-refractivity contribution in [1.82, 2.24) is 0 Å². The van der Waals surface area contributed by atoms with Gasteiger partial charge in [-0.15, -0.1) is 0 Å². The van der Waals surface area contributed by atoms with Gasteiger partial charge in [0.25, 0.3) is 0 Å². The maximum Gasteiger partial charge on any atom is 0.414 e. The van der Waals surface area contributed by atoms with Gasteiger partial charge in [0, 0.05) is 34.6 Å². The molecule has 0 saturated heterocycles. The number of hydrogen-bond acceptors (Lipinski definition) is 2. The quantitative estimate of drug-likeness (QED) is 0.372. The molecule has 0 aromatic heterocycles. The van der Waals surface area contributed by atoms with Crippen LogP contribution in [0.4, 0.5) is 0 Å². The summed E-state index contributed by atoms with van der Waals surface area (Å²) in [5, 5.41) is 14.8. The molecule has 41 valence electrons. The van der Waals surface area contributed by atoms with Crippen LogP contribution in [-0.2, 0) is 35.8 Å². The van der Waals surface area contributed by atoms with E-state index in [4.69, 9.17) is 19.8 Å². The van der Waals surface area contributed by atoms with Gasteiger partial charge in [-0.1, -0.05) is 0 Å². The first kappa shape index (κ1) is 15.7. The molecule has 0 amide bonds. The van der Waals surface area contributed by atoms with Crippen molar-refractivity contribution in [3.63, 3.8) is 0 Å². The van der Waals surface area contributed by atoms with Gasteiger partial charge in [-0.05, 0) is 0 Å². The molecule has 0 atom stereocenters. The van der Waals surface area contributed by atoms with Gasteiger partial charge in [0.15, 0.2) is 0 Å². The molecule has 0 fully saturated rings. The first-order valence-electron chi connectivity index (χ1n) is 1.11. The third kappa shape index (κ3) is 9.31. The molecule has 0 spiro atoms. The van der Waals surface area contributed by atoms with E-state index in [1.54, 1.807) is 0 Å². The molecular formula is C2H2BO4Zr. The van der Waals surface area contributed by atoms with Crippen LogP contribution in [-0.4, -0.2) is 30.6 Å². The molecule has 6 heteroatoms.